The zero-order chi connectivity index (χ0) is 13.7. The predicted molar refractivity (Wildman–Crippen MR) is 82.6 cm³/mol. The van der Waals surface area contributed by atoms with E-state index >= 15 is 0 Å². The van der Waals surface area contributed by atoms with Crippen molar-refractivity contribution in [1.82, 2.24) is 15.1 Å². The molecule has 3 heteroatoms. The topological polar surface area (TPSA) is 18.5 Å². The van der Waals surface area contributed by atoms with Gasteiger partial charge in [0.2, 0.25) is 0 Å². The summed E-state index contributed by atoms with van der Waals surface area (Å²) in [5.41, 5.74) is 0.579. The van der Waals surface area contributed by atoms with Gasteiger partial charge in [-0.05, 0) is 38.6 Å². The van der Waals surface area contributed by atoms with Crippen LogP contribution < -0.4 is 5.32 Å². The molecule has 1 aliphatic heterocycles. The zero-order valence-electron chi connectivity index (χ0n) is 13.2. The number of piperazine rings is 1. The maximum atomic E-state index is 3.61. The Bertz CT molecular complexity index is 251. The molecular formula is C16H33N3. The third kappa shape index (κ3) is 4.17. The zero-order valence-corrected chi connectivity index (χ0v) is 13.2. The highest BCUT2D eigenvalue weighted by molar-refractivity contribution is 4.90. The van der Waals surface area contributed by atoms with E-state index in [0.29, 0.717) is 11.5 Å². The van der Waals surface area contributed by atoms with Crippen molar-refractivity contribution >= 4 is 0 Å². The molecule has 0 bridgehead atoms. The fraction of sp³-hybridized carbons (Fsp3) is 1.00. The van der Waals surface area contributed by atoms with Gasteiger partial charge in [-0.2, -0.15) is 0 Å². The molecule has 0 aromatic rings. The highest BCUT2D eigenvalue weighted by atomic mass is 15.3. The largest absolute Gasteiger partial charge is 0.316 e. The first-order valence-corrected chi connectivity index (χ1v) is 8.32. The molecule has 3 nitrogen and oxygen atoms in total. The van der Waals surface area contributed by atoms with Crippen molar-refractivity contribution in [2.75, 3.05) is 45.8 Å². The van der Waals surface area contributed by atoms with E-state index in [4.69, 9.17) is 0 Å². The fourth-order valence-corrected chi connectivity index (χ4v) is 3.82. The van der Waals surface area contributed by atoms with Crippen molar-refractivity contribution in [3.05, 3.63) is 0 Å². The van der Waals surface area contributed by atoms with Crippen LogP contribution in [0.25, 0.3) is 0 Å². The molecule has 19 heavy (non-hydrogen) atoms. The van der Waals surface area contributed by atoms with Gasteiger partial charge in [0.05, 0.1) is 0 Å². The molecule has 2 rings (SSSR count). The Hall–Kier alpha value is -0.120. The van der Waals surface area contributed by atoms with E-state index in [1.165, 1.54) is 65.0 Å². The monoisotopic (exact) mass is 267 g/mol. The van der Waals surface area contributed by atoms with Gasteiger partial charge in [0, 0.05) is 45.3 Å². The third-order valence-electron chi connectivity index (χ3n) is 5.11. The molecule has 1 N–H and O–H groups in total. The van der Waals surface area contributed by atoms with E-state index in [1.54, 1.807) is 0 Å². The molecule has 1 saturated carbocycles. The molecule has 2 aliphatic rings. The summed E-state index contributed by atoms with van der Waals surface area (Å²) in [5, 5.41) is 3.61. The van der Waals surface area contributed by atoms with Crippen molar-refractivity contribution in [1.29, 1.82) is 0 Å². The average Bonchev–Trinajstić information content (AvgIpc) is 2.86. The molecule has 0 amide bonds. The Morgan fingerprint density at radius 3 is 2.21 bits per heavy atom. The van der Waals surface area contributed by atoms with E-state index in [1.807, 2.05) is 0 Å². The molecule has 0 spiro atoms. The number of rotatable bonds is 6. The van der Waals surface area contributed by atoms with Crippen LogP contribution in [0.1, 0.15) is 46.5 Å². The molecule has 112 valence electrons. The highest BCUT2D eigenvalue weighted by Gasteiger charge is 2.35. The SMILES string of the molecule is CCNCC1(CN2CCN(C(C)C)CC2)CCCC1. The van der Waals surface area contributed by atoms with Gasteiger partial charge in [-0.3, -0.25) is 4.90 Å². The maximum absolute atomic E-state index is 3.61. The smallest absolute Gasteiger partial charge is 0.0113 e. The van der Waals surface area contributed by atoms with Crippen LogP contribution in [0.5, 0.6) is 0 Å². The Kier molecular flexibility index (Phi) is 5.67. The molecule has 1 saturated heterocycles. The van der Waals surface area contributed by atoms with Gasteiger partial charge >= 0.3 is 0 Å². The molecule has 1 aliphatic carbocycles. The normalized spacial score (nSPS) is 25.3. The number of nitrogens with one attached hydrogen (secondary N) is 1. The lowest BCUT2D eigenvalue weighted by Crippen LogP contribution is -2.52. The van der Waals surface area contributed by atoms with Gasteiger partial charge in [0.15, 0.2) is 0 Å². The van der Waals surface area contributed by atoms with Gasteiger partial charge in [-0.15, -0.1) is 0 Å². The van der Waals surface area contributed by atoms with Crippen LogP contribution in [0.15, 0.2) is 0 Å². The molecule has 0 unspecified atom stereocenters. The van der Waals surface area contributed by atoms with Gasteiger partial charge < -0.3 is 10.2 Å². The van der Waals surface area contributed by atoms with Crippen molar-refractivity contribution < 1.29 is 0 Å². The quantitative estimate of drug-likeness (QED) is 0.796. The van der Waals surface area contributed by atoms with E-state index < -0.39 is 0 Å². The van der Waals surface area contributed by atoms with Crippen molar-refractivity contribution in [2.24, 2.45) is 5.41 Å². The molecule has 2 fully saturated rings. The molecule has 0 aromatic heterocycles. The summed E-state index contributed by atoms with van der Waals surface area (Å²) in [7, 11) is 0. The average molecular weight is 267 g/mol. The van der Waals surface area contributed by atoms with Crippen LogP contribution >= 0.6 is 0 Å². The minimum atomic E-state index is 0.579. The van der Waals surface area contributed by atoms with Crippen LogP contribution in [0.4, 0.5) is 0 Å². The second kappa shape index (κ2) is 7.05. The summed E-state index contributed by atoms with van der Waals surface area (Å²) in [6.45, 7) is 15.6. The molecule has 0 atom stereocenters. The van der Waals surface area contributed by atoms with Crippen LogP contribution in [0.3, 0.4) is 0 Å². The van der Waals surface area contributed by atoms with E-state index in [0.717, 1.165) is 6.54 Å². The number of hydrogen-bond acceptors (Lipinski definition) is 3. The second-order valence-electron chi connectivity index (χ2n) is 6.89. The van der Waals surface area contributed by atoms with Crippen LogP contribution in [-0.2, 0) is 0 Å². The Morgan fingerprint density at radius 2 is 1.68 bits per heavy atom. The lowest BCUT2D eigenvalue weighted by Gasteiger charge is -2.41. The first kappa shape index (κ1) is 15.3. The van der Waals surface area contributed by atoms with Crippen molar-refractivity contribution in [3.63, 3.8) is 0 Å². The standard InChI is InChI=1S/C16H33N3/c1-4-17-13-16(7-5-6-8-16)14-18-9-11-19(12-10-18)15(2)3/h15,17H,4-14H2,1-3H3. The lowest BCUT2D eigenvalue weighted by molar-refractivity contribution is 0.0713. The summed E-state index contributed by atoms with van der Waals surface area (Å²) in [6.07, 6.45) is 5.75. The summed E-state index contributed by atoms with van der Waals surface area (Å²) in [6, 6.07) is 0.712. The Labute approximate surface area is 119 Å². The van der Waals surface area contributed by atoms with Crippen molar-refractivity contribution in [3.8, 4) is 0 Å². The fourth-order valence-electron chi connectivity index (χ4n) is 3.82. The predicted octanol–water partition coefficient (Wildman–Crippen LogP) is 2.18. The minimum Gasteiger partial charge on any atom is -0.316 e. The maximum Gasteiger partial charge on any atom is 0.0113 e. The molecule has 1 heterocycles. The number of nitrogens with zero attached hydrogens (tertiary/aromatic N) is 2. The van der Waals surface area contributed by atoms with E-state index in [2.05, 4.69) is 35.9 Å². The van der Waals surface area contributed by atoms with Crippen LogP contribution in [0, 0.1) is 5.41 Å². The highest BCUT2D eigenvalue weighted by Crippen LogP contribution is 2.38. The number of hydrogen-bond donors (Lipinski definition) is 1. The second-order valence-corrected chi connectivity index (χ2v) is 6.89. The first-order chi connectivity index (χ1) is 9.15. The van der Waals surface area contributed by atoms with Gasteiger partial charge in [0.25, 0.3) is 0 Å². The Balaban J connectivity index is 1.82. The Morgan fingerprint density at radius 1 is 1.05 bits per heavy atom. The lowest BCUT2D eigenvalue weighted by atomic mass is 9.85. The van der Waals surface area contributed by atoms with E-state index in [9.17, 15) is 0 Å². The summed E-state index contributed by atoms with van der Waals surface area (Å²) in [5.74, 6) is 0. The van der Waals surface area contributed by atoms with Crippen LogP contribution in [-0.4, -0.2) is 61.7 Å². The summed E-state index contributed by atoms with van der Waals surface area (Å²) < 4.78 is 0. The van der Waals surface area contributed by atoms with Gasteiger partial charge in [0.1, 0.15) is 0 Å². The van der Waals surface area contributed by atoms with Crippen molar-refractivity contribution in [2.45, 2.75) is 52.5 Å². The van der Waals surface area contributed by atoms with Crippen LogP contribution in [0.2, 0.25) is 0 Å². The molecule has 0 aromatic carbocycles. The first-order valence-electron chi connectivity index (χ1n) is 8.32. The summed E-state index contributed by atoms with van der Waals surface area (Å²) in [4.78, 5) is 5.34. The minimum absolute atomic E-state index is 0.579. The molecule has 0 radical (unpaired) electrons. The molecular weight excluding hydrogens is 234 g/mol. The van der Waals surface area contributed by atoms with E-state index in [-0.39, 0.29) is 0 Å². The van der Waals surface area contributed by atoms with Gasteiger partial charge in [-0.1, -0.05) is 19.8 Å². The van der Waals surface area contributed by atoms with Gasteiger partial charge in [-0.25, -0.2) is 0 Å². The third-order valence-corrected chi connectivity index (χ3v) is 5.11. The summed E-state index contributed by atoms with van der Waals surface area (Å²) >= 11 is 0.